The molecule has 0 bridgehead atoms. The van der Waals surface area contributed by atoms with Crippen molar-refractivity contribution in [1.82, 2.24) is 44.5 Å². The van der Waals surface area contributed by atoms with E-state index in [0.29, 0.717) is 57.0 Å². The summed E-state index contributed by atoms with van der Waals surface area (Å²) in [6.45, 7) is -0.221. The maximum Gasteiger partial charge on any atom is 0.338 e. The number of carbonyl (C=O) groups excluding carboxylic acids is 3. The van der Waals surface area contributed by atoms with Gasteiger partial charge in [-0.1, -0.05) is 0 Å². The molecular weight excluding hydrogens is 855 g/mol. The lowest BCUT2D eigenvalue weighted by atomic mass is 10.1. The van der Waals surface area contributed by atoms with Crippen LogP contribution in [0.2, 0.25) is 0 Å². The second-order valence-electron chi connectivity index (χ2n) is 13.5. The average Bonchev–Trinajstić information content (AvgIpc) is 4.20. The largest absolute Gasteiger partial charge is 0.493 e. The zero-order chi connectivity index (χ0) is 46.4. The Labute approximate surface area is 375 Å². The van der Waals surface area contributed by atoms with Gasteiger partial charge in [-0.15, -0.1) is 0 Å². The highest BCUT2D eigenvalue weighted by atomic mass is 16.6. The zero-order valence-corrected chi connectivity index (χ0v) is 35.9. The molecule has 0 unspecified atom stereocenters. The number of nitrogens with two attached hydrogens (primary N) is 1. The van der Waals surface area contributed by atoms with E-state index in [0.717, 1.165) is 22.0 Å². The third-order valence-corrected chi connectivity index (χ3v) is 9.39. The van der Waals surface area contributed by atoms with Gasteiger partial charge in [-0.3, -0.25) is 29.3 Å². The van der Waals surface area contributed by atoms with E-state index in [9.17, 15) is 14.4 Å². The van der Waals surface area contributed by atoms with Crippen molar-refractivity contribution in [2.24, 2.45) is 10.8 Å². The number of rotatable bonds is 12. The third-order valence-electron chi connectivity index (χ3n) is 9.39. The van der Waals surface area contributed by atoms with Crippen LogP contribution in [0.5, 0.6) is 34.8 Å². The number of fused-ring (bicyclic) bond motifs is 2. The predicted octanol–water partition coefficient (Wildman–Crippen LogP) is 4.93. The van der Waals surface area contributed by atoms with Gasteiger partial charge in [0.1, 0.15) is 19.2 Å². The number of ether oxygens (including phenoxy) is 7. The van der Waals surface area contributed by atoms with Crippen molar-refractivity contribution in [2.75, 3.05) is 48.2 Å². The topological polar surface area (TPSA) is 253 Å². The summed E-state index contributed by atoms with van der Waals surface area (Å²) in [5, 5.41) is 1.44. The summed E-state index contributed by atoms with van der Waals surface area (Å²) in [6.07, 6.45) is 12.5. The monoisotopic (exact) mass is 895 g/mol. The van der Waals surface area contributed by atoms with Crippen LogP contribution < -0.4 is 39.7 Å². The minimum Gasteiger partial charge on any atom is -0.493 e. The van der Waals surface area contributed by atoms with Crippen LogP contribution in [0.3, 0.4) is 0 Å². The number of nitrogens with one attached hydrogen (secondary N) is 1. The smallest absolute Gasteiger partial charge is 0.338 e. The van der Waals surface area contributed by atoms with E-state index in [1.807, 2.05) is 60.0 Å². The summed E-state index contributed by atoms with van der Waals surface area (Å²) in [6, 6.07) is 21.8. The molecule has 21 heteroatoms. The van der Waals surface area contributed by atoms with E-state index in [2.05, 4.69) is 34.9 Å². The highest BCUT2D eigenvalue weighted by molar-refractivity contribution is 5.96. The van der Waals surface area contributed by atoms with Crippen LogP contribution in [0.1, 0.15) is 0 Å². The number of imidazole rings is 2. The van der Waals surface area contributed by atoms with Gasteiger partial charge in [0, 0.05) is 48.3 Å². The summed E-state index contributed by atoms with van der Waals surface area (Å²) >= 11 is 0. The van der Waals surface area contributed by atoms with Crippen LogP contribution in [0.15, 0.2) is 128 Å². The van der Waals surface area contributed by atoms with Crippen molar-refractivity contribution in [3.63, 3.8) is 0 Å². The summed E-state index contributed by atoms with van der Waals surface area (Å²) in [4.78, 5) is 63.4. The summed E-state index contributed by atoms with van der Waals surface area (Å²) < 4.78 is 40.3. The van der Waals surface area contributed by atoms with E-state index >= 15 is 0 Å². The third kappa shape index (κ3) is 10.8. The SMILES string of the molecule is COc1ccc(-c2cc3ncccc3c(OCC(=O)NN)n2)cc1OC.COc1ccc(-c2cc3ncccc3c(OCC3=NCC(=O)O3)n2)cc1OC.O=C(n1ccnc1)n1ccnc1. The Morgan fingerprint density at radius 3 is 1.64 bits per heavy atom. The Hall–Kier alpha value is -8.98. The number of hydrogen-bond acceptors (Lipinski definition) is 18. The van der Waals surface area contributed by atoms with Crippen LogP contribution in [-0.4, -0.2) is 111 Å². The molecule has 336 valence electrons. The van der Waals surface area contributed by atoms with Crippen LogP contribution in [0.4, 0.5) is 4.79 Å². The van der Waals surface area contributed by atoms with Crippen LogP contribution in [0.25, 0.3) is 44.3 Å². The molecule has 0 fully saturated rings. The molecule has 66 heavy (non-hydrogen) atoms. The molecule has 8 aromatic rings. The molecule has 0 spiro atoms. The van der Waals surface area contributed by atoms with Crippen molar-refractivity contribution < 1.29 is 47.5 Å². The standard InChI is InChI=1S/C20H17N3O5.C18H18N4O4.C7H6N4O/c1-25-16-6-5-12(8-17(16)26-2)14-9-15-13(4-3-7-21-15)20(23-14)27-11-18-22-10-19(24)28-18;1-24-15-6-5-11(8-16(15)25-2)13-9-14-12(4-3-7-20-14)18(21-13)26-10-17(23)22-19;12-7(10-3-1-8-5-10)11-4-2-9-6-11/h3-9H,10-11H2,1-2H3;3-9H,10,19H2,1-2H3,(H,22,23);1-6H. The number of amides is 1. The van der Waals surface area contributed by atoms with Gasteiger partial charge in [0.15, 0.2) is 36.2 Å². The highest BCUT2D eigenvalue weighted by Crippen LogP contribution is 2.36. The Morgan fingerprint density at radius 1 is 0.682 bits per heavy atom. The normalized spacial score (nSPS) is 11.5. The van der Waals surface area contributed by atoms with Crippen molar-refractivity contribution in [3.05, 3.63) is 123 Å². The number of benzene rings is 2. The quantitative estimate of drug-likeness (QED) is 0.0714. The lowest BCUT2D eigenvalue weighted by molar-refractivity contribution is -0.132. The fourth-order valence-corrected chi connectivity index (χ4v) is 6.20. The van der Waals surface area contributed by atoms with E-state index in [4.69, 9.17) is 39.0 Å². The molecule has 3 N–H and O–H groups in total. The first-order chi connectivity index (χ1) is 32.2. The molecule has 1 aliphatic rings. The summed E-state index contributed by atoms with van der Waals surface area (Å²) in [5.41, 5.74) is 6.33. The van der Waals surface area contributed by atoms with Crippen molar-refractivity contribution in [1.29, 1.82) is 0 Å². The molecule has 0 aliphatic carbocycles. The van der Waals surface area contributed by atoms with Crippen LogP contribution in [-0.2, 0) is 14.3 Å². The number of hydrogen-bond donors (Lipinski definition) is 2. The second-order valence-corrected chi connectivity index (χ2v) is 13.5. The summed E-state index contributed by atoms with van der Waals surface area (Å²) in [5.74, 6) is 7.57. The Morgan fingerprint density at radius 2 is 1.20 bits per heavy atom. The number of nitrogens with zero attached hydrogens (tertiary/aromatic N) is 9. The first-order valence-electron chi connectivity index (χ1n) is 19.7. The number of carbonyl (C=O) groups is 3. The van der Waals surface area contributed by atoms with Gasteiger partial charge in [-0.05, 0) is 72.8 Å². The first kappa shape index (κ1) is 45.1. The van der Waals surface area contributed by atoms with Gasteiger partial charge in [0.05, 0.1) is 61.6 Å². The zero-order valence-electron chi connectivity index (χ0n) is 35.9. The lowest BCUT2D eigenvalue weighted by Crippen LogP contribution is -2.34. The molecule has 6 aromatic heterocycles. The van der Waals surface area contributed by atoms with Crippen LogP contribution >= 0.6 is 0 Å². The second kappa shape index (κ2) is 21.4. The minimum absolute atomic E-state index is 0.0120. The molecule has 1 aliphatic heterocycles. The Balaban J connectivity index is 0.000000158. The molecule has 0 atom stereocenters. The van der Waals surface area contributed by atoms with E-state index < -0.39 is 11.9 Å². The number of hydrazine groups is 1. The van der Waals surface area contributed by atoms with E-state index in [-0.39, 0.29) is 31.7 Å². The minimum atomic E-state index is -0.458. The van der Waals surface area contributed by atoms with Gasteiger partial charge >= 0.3 is 12.0 Å². The molecule has 1 amide bonds. The molecule has 9 rings (SSSR count). The van der Waals surface area contributed by atoms with Crippen LogP contribution in [0, 0.1) is 0 Å². The molecule has 21 nitrogen and oxygen atoms in total. The molecule has 0 saturated carbocycles. The predicted molar refractivity (Wildman–Crippen MR) is 239 cm³/mol. The maximum absolute atomic E-state index is 11.4. The average molecular weight is 896 g/mol. The summed E-state index contributed by atoms with van der Waals surface area (Å²) in [7, 11) is 6.30. The van der Waals surface area contributed by atoms with E-state index in [1.165, 1.54) is 21.8 Å². The Bertz CT molecular complexity index is 2960. The van der Waals surface area contributed by atoms with Crippen molar-refractivity contribution >= 4 is 45.6 Å². The number of cyclic esters (lactones) is 1. The van der Waals surface area contributed by atoms with Gasteiger partial charge in [0.2, 0.25) is 17.7 Å². The van der Waals surface area contributed by atoms with Crippen molar-refractivity contribution in [3.8, 4) is 57.3 Å². The molecule has 7 heterocycles. The van der Waals surface area contributed by atoms with Gasteiger partial charge in [-0.2, -0.15) is 0 Å². The fourth-order valence-electron chi connectivity index (χ4n) is 6.20. The fraction of sp³-hybridized carbons (Fsp3) is 0.156. The first-order valence-corrected chi connectivity index (χ1v) is 19.7. The number of aromatic nitrogens is 8. The van der Waals surface area contributed by atoms with Gasteiger partial charge in [-0.25, -0.2) is 40.4 Å². The van der Waals surface area contributed by atoms with Crippen molar-refractivity contribution in [2.45, 2.75) is 0 Å². The van der Waals surface area contributed by atoms with Gasteiger partial charge < -0.3 is 33.2 Å². The van der Waals surface area contributed by atoms with Gasteiger partial charge in [0.25, 0.3) is 5.91 Å². The Kier molecular flexibility index (Phi) is 14.6. The molecule has 0 saturated heterocycles. The lowest BCUT2D eigenvalue weighted by Gasteiger charge is -2.12. The maximum atomic E-state index is 11.4. The number of aliphatic imine (C=N–C) groups is 1. The molecule has 0 radical (unpaired) electrons. The molecule has 2 aromatic carbocycles. The molecular formula is C45H41N11O10. The number of esters is 1. The number of methoxy groups -OCH3 is 4. The van der Waals surface area contributed by atoms with E-state index in [1.54, 1.807) is 83.8 Å². The number of pyridine rings is 4. The highest BCUT2D eigenvalue weighted by Gasteiger charge is 2.19.